The van der Waals surface area contributed by atoms with Gasteiger partial charge in [0.25, 0.3) is 0 Å². The van der Waals surface area contributed by atoms with Crippen molar-refractivity contribution >= 4 is 5.91 Å². The van der Waals surface area contributed by atoms with E-state index in [9.17, 15) is 4.79 Å². The molecule has 2 atom stereocenters. The van der Waals surface area contributed by atoms with Crippen molar-refractivity contribution in [1.29, 1.82) is 0 Å². The number of nitrogens with one attached hydrogen (secondary N) is 1. The third-order valence-corrected chi connectivity index (χ3v) is 2.80. The van der Waals surface area contributed by atoms with E-state index in [1.807, 2.05) is 0 Å². The molecule has 0 bridgehead atoms. The van der Waals surface area contributed by atoms with Crippen LogP contribution in [0, 0.1) is 17.8 Å². The minimum absolute atomic E-state index is 0.225. The van der Waals surface area contributed by atoms with E-state index in [0.717, 1.165) is 13.0 Å². The topological polar surface area (TPSA) is 29.1 Å². The summed E-state index contributed by atoms with van der Waals surface area (Å²) < 4.78 is 0. The Hall–Kier alpha value is -0.530. The Kier molecular flexibility index (Phi) is 2.53. The van der Waals surface area contributed by atoms with Gasteiger partial charge in [-0.3, -0.25) is 4.79 Å². The molecule has 2 heteroatoms. The summed E-state index contributed by atoms with van der Waals surface area (Å²) >= 11 is 0. The first-order valence-corrected chi connectivity index (χ1v) is 4.38. The molecular weight excluding hydrogens is 138 g/mol. The smallest absolute Gasteiger partial charge is 0.220 e. The second-order valence-electron chi connectivity index (χ2n) is 3.87. The Balaban J connectivity index is 2.43. The molecule has 1 saturated heterocycles. The van der Waals surface area contributed by atoms with Crippen LogP contribution >= 0.6 is 0 Å². The first-order chi connectivity index (χ1) is 5.11. The molecule has 0 aromatic rings. The number of carbonyl (C=O) groups excluding carboxylic acids is 1. The number of hydrogen-bond acceptors (Lipinski definition) is 1. The Labute approximate surface area is 68.4 Å². The van der Waals surface area contributed by atoms with Crippen LogP contribution in [0.3, 0.4) is 0 Å². The maximum atomic E-state index is 10.9. The van der Waals surface area contributed by atoms with Crippen LogP contribution in [0.4, 0.5) is 0 Å². The summed E-state index contributed by atoms with van der Waals surface area (Å²) in [5.41, 5.74) is 0. The van der Waals surface area contributed by atoms with Gasteiger partial charge in [-0.1, -0.05) is 20.8 Å². The van der Waals surface area contributed by atoms with E-state index >= 15 is 0 Å². The lowest BCUT2D eigenvalue weighted by atomic mass is 9.84. The molecule has 1 amide bonds. The molecular formula is C9H17NO. The van der Waals surface area contributed by atoms with Crippen LogP contribution in [0.15, 0.2) is 0 Å². The number of hydrogen-bond donors (Lipinski definition) is 1. The van der Waals surface area contributed by atoms with Crippen molar-refractivity contribution in [1.82, 2.24) is 5.32 Å². The molecule has 11 heavy (non-hydrogen) atoms. The van der Waals surface area contributed by atoms with Crippen LogP contribution in [0.2, 0.25) is 0 Å². The molecule has 0 spiro atoms. The van der Waals surface area contributed by atoms with E-state index in [0.29, 0.717) is 17.8 Å². The highest BCUT2D eigenvalue weighted by molar-refractivity contribution is 5.78. The quantitative estimate of drug-likeness (QED) is 0.642. The Morgan fingerprint density at radius 1 is 1.45 bits per heavy atom. The normalized spacial score (nSPS) is 27.3. The molecule has 1 N–H and O–H groups in total. The summed E-state index contributed by atoms with van der Waals surface area (Å²) in [5, 5.41) is 2.87. The highest BCUT2D eigenvalue weighted by Crippen LogP contribution is 2.25. The predicted molar refractivity (Wildman–Crippen MR) is 45.1 cm³/mol. The summed E-state index contributed by atoms with van der Waals surface area (Å²) in [4.78, 5) is 10.9. The summed E-state index contributed by atoms with van der Waals surface area (Å²) in [5.74, 6) is 2.15. The Bertz CT molecular complexity index is 154. The molecule has 0 aromatic heterocycles. The largest absolute Gasteiger partial charge is 0.356 e. The van der Waals surface area contributed by atoms with E-state index in [1.54, 1.807) is 0 Å². The molecule has 64 valence electrons. The van der Waals surface area contributed by atoms with Gasteiger partial charge in [0.2, 0.25) is 5.91 Å². The maximum Gasteiger partial charge on any atom is 0.220 e. The van der Waals surface area contributed by atoms with Crippen molar-refractivity contribution in [2.24, 2.45) is 17.8 Å². The lowest BCUT2D eigenvalue weighted by Crippen LogP contribution is -2.19. The van der Waals surface area contributed by atoms with E-state index in [1.165, 1.54) is 0 Å². The van der Waals surface area contributed by atoms with Crippen molar-refractivity contribution in [3.8, 4) is 0 Å². The first-order valence-electron chi connectivity index (χ1n) is 4.38. The summed E-state index contributed by atoms with van der Waals surface area (Å²) in [6.45, 7) is 7.55. The van der Waals surface area contributed by atoms with Gasteiger partial charge in [-0.05, 0) is 17.8 Å². The highest BCUT2D eigenvalue weighted by Gasteiger charge is 2.27. The summed E-state index contributed by atoms with van der Waals surface area (Å²) in [6, 6.07) is 0. The zero-order valence-corrected chi connectivity index (χ0v) is 7.55. The van der Waals surface area contributed by atoms with Gasteiger partial charge >= 0.3 is 0 Å². The molecule has 1 unspecified atom stereocenters. The molecule has 0 aromatic carbocycles. The number of amides is 1. The van der Waals surface area contributed by atoms with E-state index < -0.39 is 0 Å². The molecule has 2 nitrogen and oxygen atoms in total. The minimum atomic E-state index is 0.225. The predicted octanol–water partition coefficient (Wildman–Crippen LogP) is 1.41. The lowest BCUT2D eigenvalue weighted by Gasteiger charge is -2.20. The minimum Gasteiger partial charge on any atom is -0.356 e. The van der Waals surface area contributed by atoms with Crippen molar-refractivity contribution in [3.05, 3.63) is 0 Å². The van der Waals surface area contributed by atoms with Crippen LogP contribution in [0.25, 0.3) is 0 Å². The zero-order chi connectivity index (χ0) is 8.43. The average molecular weight is 155 g/mol. The molecule has 1 heterocycles. The van der Waals surface area contributed by atoms with Gasteiger partial charge in [-0.25, -0.2) is 0 Å². The number of rotatable bonds is 2. The van der Waals surface area contributed by atoms with E-state index in [4.69, 9.17) is 0 Å². The van der Waals surface area contributed by atoms with Gasteiger partial charge in [0.05, 0.1) is 0 Å². The first kappa shape index (κ1) is 8.57. The van der Waals surface area contributed by atoms with Gasteiger partial charge in [0.1, 0.15) is 0 Å². The van der Waals surface area contributed by atoms with Crippen LogP contribution in [0.5, 0.6) is 0 Å². The van der Waals surface area contributed by atoms with Crippen LogP contribution in [0.1, 0.15) is 27.2 Å². The Morgan fingerprint density at radius 2 is 2.09 bits per heavy atom. The van der Waals surface area contributed by atoms with Crippen molar-refractivity contribution in [2.75, 3.05) is 6.54 Å². The lowest BCUT2D eigenvalue weighted by molar-refractivity contribution is -0.119. The number of carbonyl (C=O) groups is 1. The second-order valence-corrected chi connectivity index (χ2v) is 3.87. The fraction of sp³-hybridized carbons (Fsp3) is 0.889. The highest BCUT2D eigenvalue weighted by atomic mass is 16.1. The van der Waals surface area contributed by atoms with Gasteiger partial charge in [0, 0.05) is 13.0 Å². The SMILES string of the molecule is CC(C)[C@H](C)C1CNC(=O)C1. The third-order valence-electron chi connectivity index (χ3n) is 2.80. The fourth-order valence-corrected chi connectivity index (χ4v) is 1.54. The van der Waals surface area contributed by atoms with Crippen LogP contribution in [-0.2, 0) is 4.79 Å². The maximum absolute atomic E-state index is 10.9. The standard InChI is InChI=1S/C9H17NO/c1-6(2)7(3)8-4-9(11)10-5-8/h6-8H,4-5H2,1-3H3,(H,10,11)/t7-,8?/m0/s1. The molecule has 1 aliphatic heterocycles. The van der Waals surface area contributed by atoms with E-state index in [-0.39, 0.29) is 5.91 Å². The third kappa shape index (κ3) is 1.95. The monoisotopic (exact) mass is 155 g/mol. The Morgan fingerprint density at radius 3 is 2.45 bits per heavy atom. The summed E-state index contributed by atoms with van der Waals surface area (Å²) in [6.07, 6.45) is 0.735. The van der Waals surface area contributed by atoms with Gasteiger partial charge in [0.15, 0.2) is 0 Å². The van der Waals surface area contributed by atoms with Crippen LogP contribution < -0.4 is 5.32 Å². The molecule has 0 saturated carbocycles. The molecule has 1 fully saturated rings. The second kappa shape index (κ2) is 3.24. The zero-order valence-electron chi connectivity index (χ0n) is 7.55. The van der Waals surface area contributed by atoms with Crippen molar-refractivity contribution < 1.29 is 4.79 Å². The van der Waals surface area contributed by atoms with Gasteiger partial charge < -0.3 is 5.32 Å². The summed E-state index contributed by atoms with van der Waals surface area (Å²) in [7, 11) is 0. The van der Waals surface area contributed by atoms with Crippen LogP contribution in [-0.4, -0.2) is 12.5 Å². The van der Waals surface area contributed by atoms with Crippen molar-refractivity contribution in [3.63, 3.8) is 0 Å². The molecule has 0 radical (unpaired) electrons. The van der Waals surface area contributed by atoms with Crippen molar-refractivity contribution in [2.45, 2.75) is 27.2 Å². The van der Waals surface area contributed by atoms with E-state index in [2.05, 4.69) is 26.1 Å². The van der Waals surface area contributed by atoms with Gasteiger partial charge in [-0.15, -0.1) is 0 Å². The van der Waals surface area contributed by atoms with Gasteiger partial charge in [-0.2, -0.15) is 0 Å². The average Bonchev–Trinajstić information content (AvgIpc) is 2.34. The molecule has 1 aliphatic rings. The fourth-order valence-electron chi connectivity index (χ4n) is 1.54. The molecule has 0 aliphatic carbocycles. The molecule has 1 rings (SSSR count).